The second-order valence-corrected chi connectivity index (χ2v) is 24.0. The average molecular weight is 686 g/mol. The van der Waals surface area contributed by atoms with Crippen LogP contribution in [0.15, 0.2) is 0 Å². The molecule has 0 aliphatic heterocycles. The SMILES string of the molecule is CC(C)(C)P(C1CCCCC1)C1CCCCC1.CC(C)(C)P(C1CCCCC1)C1CCCCC1.[Cl][Pd][Cl]. The maximum atomic E-state index is 4.81. The van der Waals surface area contributed by atoms with Gasteiger partial charge in [0.25, 0.3) is 0 Å². The molecule has 4 saturated carbocycles. The summed E-state index contributed by atoms with van der Waals surface area (Å²) in [5.41, 5.74) is 4.45. The second-order valence-electron chi connectivity index (χ2n) is 14.4. The van der Waals surface area contributed by atoms with Gasteiger partial charge in [-0.25, -0.2) is 0 Å². The van der Waals surface area contributed by atoms with Crippen LogP contribution < -0.4 is 0 Å². The summed E-state index contributed by atoms with van der Waals surface area (Å²) >= 11 is -0.106. The molecule has 0 amide bonds. The van der Waals surface area contributed by atoms with Crippen LogP contribution in [0.25, 0.3) is 0 Å². The van der Waals surface area contributed by atoms with Crippen molar-refractivity contribution in [2.75, 3.05) is 0 Å². The van der Waals surface area contributed by atoms with Crippen LogP contribution in [0, 0.1) is 0 Å². The van der Waals surface area contributed by atoms with Crippen molar-refractivity contribution in [1.82, 2.24) is 0 Å². The van der Waals surface area contributed by atoms with Crippen molar-refractivity contribution >= 4 is 34.9 Å². The van der Waals surface area contributed by atoms with E-state index in [9.17, 15) is 0 Å². The second kappa shape index (κ2) is 18.6. The molecule has 4 rings (SSSR count). The summed E-state index contributed by atoms with van der Waals surface area (Å²) < 4.78 is 0. The Labute approximate surface area is 252 Å². The molecule has 0 heterocycles. The predicted octanol–water partition coefficient (Wildman–Crippen LogP) is 13.2. The van der Waals surface area contributed by atoms with Crippen molar-refractivity contribution < 1.29 is 15.9 Å². The van der Waals surface area contributed by atoms with E-state index >= 15 is 0 Å². The van der Waals surface area contributed by atoms with Crippen LogP contribution in [0.1, 0.15) is 170 Å². The third-order valence-corrected chi connectivity index (χ3v) is 17.7. The molecular formula is C32H62Cl2P2Pd. The molecule has 0 bridgehead atoms. The van der Waals surface area contributed by atoms with E-state index in [1.165, 1.54) is 77.0 Å². The summed E-state index contributed by atoms with van der Waals surface area (Å²) in [6.45, 7) is 15.2. The molecule has 0 radical (unpaired) electrons. The zero-order valence-corrected chi connectivity index (χ0v) is 30.3. The monoisotopic (exact) mass is 684 g/mol. The van der Waals surface area contributed by atoms with Gasteiger partial charge in [0, 0.05) is 0 Å². The summed E-state index contributed by atoms with van der Waals surface area (Å²) in [7, 11) is 10.2. The van der Waals surface area contributed by atoms with E-state index in [-0.39, 0.29) is 31.8 Å². The number of hydrogen-bond acceptors (Lipinski definition) is 0. The first-order chi connectivity index (χ1) is 17.6. The summed E-state index contributed by atoms with van der Waals surface area (Å²) in [6.07, 6.45) is 30.6. The van der Waals surface area contributed by atoms with Crippen LogP contribution in [-0.4, -0.2) is 32.9 Å². The topological polar surface area (TPSA) is 0 Å². The molecule has 0 aromatic rings. The molecule has 0 aromatic heterocycles. The first kappa shape index (κ1) is 35.3. The molecule has 37 heavy (non-hydrogen) atoms. The average Bonchev–Trinajstić information content (AvgIpc) is 2.86. The first-order valence-corrected chi connectivity index (χ1v) is 22.9. The van der Waals surface area contributed by atoms with Crippen molar-refractivity contribution in [3.63, 3.8) is 0 Å². The summed E-state index contributed by atoms with van der Waals surface area (Å²) in [6, 6.07) is 0. The number of hydrogen-bond donors (Lipinski definition) is 0. The molecule has 0 aromatic carbocycles. The molecule has 0 spiro atoms. The molecule has 5 heteroatoms. The third-order valence-electron chi connectivity index (χ3n) is 9.42. The fourth-order valence-corrected chi connectivity index (χ4v) is 17.5. The summed E-state index contributed by atoms with van der Waals surface area (Å²) in [5.74, 6) is 0. The van der Waals surface area contributed by atoms with Crippen LogP contribution >= 0.6 is 34.9 Å². The zero-order chi connectivity index (χ0) is 27.3. The molecule has 0 nitrogen and oxygen atoms in total. The molecule has 0 saturated heterocycles. The predicted molar refractivity (Wildman–Crippen MR) is 173 cm³/mol. The van der Waals surface area contributed by atoms with E-state index in [1.807, 2.05) is 0 Å². The zero-order valence-electron chi connectivity index (χ0n) is 25.4. The van der Waals surface area contributed by atoms with Crippen LogP contribution in [0.3, 0.4) is 0 Å². The van der Waals surface area contributed by atoms with E-state index < -0.39 is 0 Å². The molecule has 0 N–H and O–H groups in total. The number of halogens is 2. The van der Waals surface area contributed by atoms with Crippen LogP contribution in [0.2, 0.25) is 0 Å². The van der Waals surface area contributed by atoms with Crippen molar-refractivity contribution in [3.05, 3.63) is 0 Å². The van der Waals surface area contributed by atoms with Crippen molar-refractivity contribution in [2.24, 2.45) is 0 Å². The van der Waals surface area contributed by atoms with Gasteiger partial charge in [0.05, 0.1) is 0 Å². The van der Waals surface area contributed by atoms with Gasteiger partial charge in [-0.1, -0.05) is 134 Å². The van der Waals surface area contributed by atoms with E-state index in [2.05, 4.69) is 41.5 Å². The summed E-state index contributed by atoms with van der Waals surface area (Å²) in [5, 5.41) is 1.19. The van der Waals surface area contributed by atoms with Crippen molar-refractivity contribution in [3.8, 4) is 0 Å². The Hall–Kier alpha value is 2.10. The van der Waals surface area contributed by atoms with Crippen molar-refractivity contribution in [1.29, 1.82) is 0 Å². The van der Waals surface area contributed by atoms with Gasteiger partial charge in [-0.2, -0.15) is 0 Å². The van der Waals surface area contributed by atoms with Gasteiger partial charge in [0.15, 0.2) is 0 Å². The van der Waals surface area contributed by atoms with E-state index in [0.717, 1.165) is 22.6 Å². The van der Waals surface area contributed by atoms with Gasteiger partial charge in [-0.15, -0.1) is 0 Å². The van der Waals surface area contributed by atoms with Gasteiger partial charge in [0.1, 0.15) is 0 Å². The standard InChI is InChI=1S/2C16H31P.2ClH.Pd/c2*1-16(2,3)17(14-10-6-4-7-11-14)15-12-8-5-9-13-15;;;/h2*14-15H,4-13H2,1-3H3;2*1H;/q;;;;+2/p-2. The van der Waals surface area contributed by atoms with Crippen LogP contribution in [-0.2, 0) is 15.9 Å². The first-order valence-electron chi connectivity index (χ1n) is 16.0. The Morgan fingerprint density at radius 3 is 0.703 bits per heavy atom. The Balaban J connectivity index is 0.000000235. The van der Waals surface area contributed by atoms with Crippen molar-refractivity contribution in [2.45, 2.75) is 203 Å². The third kappa shape index (κ3) is 12.9. The van der Waals surface area contributed by atoms with Crippen LogP contribution in [0.5, 0.6) is 0 Å². The van der Waals surface area contributed by atoms with Gasteiger partial charge in [0.2, 0.25) is 0 Å². The Kier molecular flexibility index (Phi) is 17.7. The van der Waals surface area contributed by atoms with E-state index in [0.29, 0.717) is 10.3 Å². The molecule has 4 fully saturated rings. The molecule has 0 atom stereocenters. The molecule has 224 valence electrons. The molecule has 0 unspecified atom stereocenters. The van der Waals surface area contributed by atoms with Gasteiger partial charge in [-0.3, -0.25) is 0 Å². The minimum absolute atomic E-state index is 0.106. The number of rotatable bonds is 4. The maximum absolute atomic E-state index is 4.81. The van der Waals surface area contributed by atoms with Gasteiger partial charge >= 0.3 is 35.0 Å². The normalized spacial score (nSPS) is 23.9. The fourth-order valence-electron chi connectivity index (χ4n) is 8.22. The van der Waals surface area contributed by atoms with Gasteiger partial charge in [-0.05, 0) is 84.3 Å². The van der Waals surface area contributed by atoms with Gasteiger partial charge < -0.3 is 0 Å². The summed E-state index contributed by atoms with van der Waals surface area (Å²) in [4.78, 5) is 0. The molecular weight excluding hydrogens is 624 g/mol. The molecule has 4 aliphatic carbocycles. The minimum atomic E-state index is -0.106. The Morgan fingerprint density at radius 1 is 0.405 bits per heavy atom. The Bertz CT molecular complexity index is 478. The van der Waals surface area contributed by atoms with E-state index in [1.54, 1.807) is 51.4 Å². The quantitative estimate of drug-likeness (QED) is 0.204. The molecule has 4 aliphatic rings. The van der Waals surface area contributed by atoms with Crippen LogP contribution in [0.4, 0.5) is 0 Å². The van der Waals surface area contributed by atoms with E-state index in [4.69, 9.17) is 19.1 Å². The fraction of sp³-hybridized carbons (Fsp3) is 1.00. The Morgan fingerprint density at radius 2 is 0.568 bits per heavy atom.